The van der Waals surface area contributed by atoms with Gasteiger partial charge in [0.2, 0.25) is 0 Å². The van der Waals surface area contributed by atoms with Gasteiger partial charge in [0.15, 0.2) is 5.82 Å². The molecule has 0 unspecified atom stereocenters. The van der Waals surface area contributed by atoms with Crippen molar-refractivity contribution in [2.45, 2.75) is 20.3 Å². The van der Waals surface area contributed by atoms with Crippen molar-refractivity contribution in [2.75, 3.05) is 0 Å². The summed E-state index contributed by atoms with van der Waals surface area (Å²) in [6.07, 6.45) is 0.868. The molecule has 0 saturated carbocycles. The number of halogens is 2. The lowest BCUT2D eigenvalue weighted by Crippen LogP contribution is -1.96. The number of fused-ring (bicyclic) bond motifs is 1. The zero-order chi connectivity index (χ0) is 15.0. The molecule has 3 rings (SSSR count). The van der Waals surface area contributed by atoms with Crippen LogP contribution < -0.4 is 0 Å². The van der Waals surface area contributed by atoms with Crippen LogP contribution in [0.2, 0.25) is 5.15 Å². The first-order valence-electron chi connectivity index (χ1n) is 6.82. The molecular weight excluding hydrogens is 287 g/mol. The molecule has 1 aromatic heterocycles. The van der Waals surface area contributed by atoms with Crippen LogP contribution in [0.5, 0.6) is 0 Å². The minimum absolute atomic E-state index is 0.266. The van der Waals surface area contributed by atoms with Gasteiger partial charge in [0, 0.05) is 10.9 Å². The Morgan fingerprint density at radius 2 is 1.95 bits per heavy atom. The lowest BCUT2D eigenvalue weighted by atomic mass is 10.1. The van der Waals surface area contributed by atoms with Crippen LogP contribution in [0.15, 0.2) is 36.4 Å². The fraction of sp³-hybridized carbons (Fsp3) is 0.176. The van der Waals surface area contributed by atoms with Crippen LogP contribution >= 0.6 is 11.6 Å². The van der Waals surface area contributed by atoms with Gasteiger partial charge in [0.05, 0.1) is 5.52 Å². The third-order valence-electron chi connectivity index (χ3n) is 3.57. The first kappa shape index (κ1) is 14.0. The van der Waals surface area contributed by atoms with Crippen LogP contribution in [-0.4, -0.2) is 9.97 Å². The SMILES string of the molecule is CCc1cccc2c(Cl)nc(-c3ccc(F)cc3C)nc12. The third-order valence-corrected chi connectivity index (χ3v) is 3.86. The lowest BCUT2D eigenvalue weighted by Gasteiger charge is -2.09. The molecule has 1 heterocycles. The summed E-state index contributed by atoms with van der Waals surface area (Å²) in [7, 11) is 0. The average Bonchev–Trinajstić information content (AvgIpc) is 2.46. The highest BCUT2D eigenvalue weighted by Crippen LogP contribution is 2.28. The van der Waals surface area contributed by atoms with E-state index in [-0.39, 0.29) is 5.82 Å². The van der Waals surface area contributed by atoms with Crippen LogP contribution in [0, 0.1) is 12.7 Å². The molecule has 0 radical (unpaired) electrons. The van der Waals surface area contributed by atoms with Gasteiger partial charge < -0.3 is 0 Å². The highest BCUT2D eigenvalue weighted by Gasteiger charge is 2.12. The smallest absolute Gasteiger partial charge is 0.161 e. The van der Waals surface area contributed by atoms with Gasteiger partial charge in [-0.25, -0.2) is 14.4 Å². The van der Waals surface area contributed by atoms with Gasteiger partial charge in [-0.1, -0.05) is 30.7 Å². The summed E-state index contributed by atoms with van der Waals surface area (Å²) < 4.78 is 13.2. The second-order valence-electron chi connectivity index (χ2n) is 4.96. The molecule has 21 heavy (non-hydrogen) atoms. The first-order chi connectivity index (χ1) is 10.1. The van der Waals surface area contributed by atoms with Crippen molar-refractivity contribution < 1.29 is 4.39 Å². The van der Waals surface area contributed by atoms with E-state index in [0.29, 0.717) is 11.0 Å². The number of benzene rings is 2. The summed E-state index contributed by atoms with van der Waals surface area (Å²) in [4.78, 5) is 9.02. The lowest BCUT2D eigenvalue weighted by molar-refractivity contribution is 0.627. The van der Waals surface area contributed by atoms with E-state index < -0.39 is 0 Å². The molecule has 106 valence electrons. The van der Waals surface area contributed by atoms with E-state index in [9.17, 15) is 4.39 Å². The Hall–Kier alpha value is -2.00. The number of rotatable bonds is 2. The second kappa shape index (κ2) is 5.41. The molecule has 0 spiro atoms. The van der Waals surface area contributed by atoms with Gasteiger partial charge >= 0.3 is 0 Å². The largest absolute Gasteiger partial charge is 0.228 e. The minimum Gasteiger partial charge on any atom is -0.228 e. The van der Waals surface area contributed by atoms with Crippen molar-refractivity contribution in [2.24, 2.45) is 0 Å². The van der Waals surface area contributed by atoms with Crippen LogP contribution in [0.25, 0.3) is 22.3 Å². The van der Waals surface area contributed by atoms with E-state index in [0.717, 1.165) is 34.0 Å². The van der Waals surface area contributed by atoms with Gasteiger partial charge in [-0.2, -0.15) is 0 Å². The molecule has 0 bridgehead atoms. The summed E-state index contributed by atoms with van der Waals surface area (Å²) in [6.45, 7) is 3.92. The average molecular weight is 301 g/mol. The minimum atomic E-state index is -0.266. The molecule has 4 heteroatoms. The van der Waals surface area contributed by atoms with Gasteiger partial charge in [-0.05, 0) is 48.7 Å². The zero-order valence-electron chi connectivity index (χ0n) is 11.8. The number of hydrogen-bond acceptors (Lipinski definition) is 2. The molecule has 0 aliphatic rings. The van der Waals surface area contributed by atoms with Gasteiger partial charge in [0.25, 0.3) is 0 Å². The Morgan fingerprint density at radius 1 is 1.14 bits per heavy atom. The summed E-state index contributed by atoms with van der Waals surface area (Å²) in [5, 5.41) is 1.27. The topological polar surface area (TPSA) is 25.8 Å². The van der Waals surface area contributed by atoms with Gasteiger partial charge in [0.1, 0.15) is 11.0 Å². The molecule has 0 fully saturated rings. The predicted octanol–water partition coefficient (Wildman–Crippen LogP) is 4.96. The number of aryl methyl sites for hydroxylation is 2. The predicted molar refractivity (Wildman–Crippen MR) is 84.1 cm³/mol. The molecule has 0 aliphatic carbocycles. The molecule has 0 atom stereocenters. The fourth-order valence-electron chi connectivity index (χ4n) is 2.46. The van der Waals surface area contributed by atoms with Gasteiger partial charge in [-0.15, -0.1) is 0 Å². The summed E-state index contributed by atoms with van der Waals surface area (Å²) in [5.41, 5.74) is 3.57. The van der Waals surface area contributed by atoms with Gasteiger partial charge in [-0.3, -0.25) is 0 Å². The molecular formula is C17H14ClFN2. The molecule has 0 amide bonds. The Labute approximate surface area is 127 Å². The van der Waals surface area contributed by atoms with E-state index >= 15 is 0 Å². The highest BCUT2D eigenvalue weighted by molar-refractivity contribution is 6.34. The van der Waals surface area contributed by atoms with E-state index in [1.54, 1.807) is 6.07 Å². The van der Waals surface area contributed by atoms with E-state index in [1.807, 2.05) is 25.1 Å². The quantitative estimate of drug-likeness (QED) is 0.625. The summed E-state index contributed by atoms with van der Waals surface area (Å²) in [5.74, 6) is 0.267. The third kappa shape index (κ3) is 2.49. The molecule has 0 N–H and O–H groups in total. The monoisotopic (exact) mass is 300 g/mol. The highest BCUT2D eigenvalue weighted by atomic mass is 35.5. The van der Waals surface area contributed by atoms with Crippen LogP contribution in [0.1, 0.15) is 18.1 Å². The molecule has 3 aromatic rings. The van der Waals surface area contributed by atoms with Crippen molar-refractivity contribution in [1.82, 2.24) is 9.97 Å². The molecule has 2 aromatic carbocycles. The Kier molecular flexibility index (Phi) is 3.60. The first-order valence-corrected chi connectivity index (χ1v) is 7.19. The maximum atomic E-state index is 13.2. The van der Waals surface area contributed by atoms with Crippen molar-refractivity contribution in [1.29, 1.82) is 0 Å². The van der Waals surface area contributed by atoms with E-state index in [2.05, 4.69) is 16.9 Å². The van der Waals surface area contributed by atoms with Crippen molar-refractivity contribution in [3.63, 3.8) is 0 Å². The number of hydrogen-bond donors (Lipinski definition) is 0. The van der Waals surface area contributed by atoms with Crippen molar-refractivity contribution >= 4 is 22.5 Å². The van der Waals surface area contributed by atoms with Crippen LogP contribution in [0.3, 0.4) is 0 Å². The maximum absolute atomic E-state index is 13.2. The normalized spacial score (nSPS) is 11.0. The van der Waals surface area contributed by atoms with Crippen molar-refractivity contribution in [3.05, 3.63) is 58.5 Å². The summed E-state index contributed by atoms with van der Waals surface area (Å²) >= 11 is 6.30. The van der Waals surface area contributed by atoms with Crippen LogP contribution in [0.4, 0.5) is 4.39 Å². The number of para-hydroxylation sites is 1. The van der Waals surface area contributed by atoms with Crippen LogP contribution in [-0.2, 0) is 6.42 Å². The number of aromatic nitrogens is 2. The standard InChI is InChI=1S/C17H14ClFN2/c1-3-11-5-4-6-14-15(11)20-17(21-16(14)18)13-8-7-12(19)9-10(13)2/h4-9H,3H2,1-2H3. The molecule has 2 nitrogen and oxygen atoms in total. The summed E-state index contributed by atoms with van der Waals surface area (Å²) in [6, 6.07) is 10.5. The molecule has 0 saturated heterocycles. The molecule has 0 aliphatic heterocycles. The fourth-order valence-corrected chi connectivity index (χ4v) is 2.69. The Morgan fingerprint density at radius 3 is 2.67 bits per heavy atom. The zero-order valence-corrected chi connectivity index (χ0v) is 12.6. The maximum Gasteiger partial charge on any atom is 0.161 e. The Balaban J connectivity index is 2.29. The number of nitrogens with zero attached hydrogens (tertiary/aromatic N) is 2. The second-order valence-corrected chi connectivity index (χ2v) is 5.32. The van der Waals surface area contributed by atoms with E-state index in [4.69, 9.17) is 11.6 Å². The van der Waals surface area contributed by atoms with Crippen molar-refractivity contribution in [3.8, 4) is 11.4 Å². The Bertz CT molecular complexity index is 830. The van der Waals surface area contributed by atoms with E-state index in [1.165, 1.54) is 12.1 Å².